The van der Waals surface area contributed by atoms with Gasteiger partial charge in [0.15, 0.2) is 0 Å². The van der Waals surface area contributed by atoms with Gasteiger partial charge in [-0.15, -0.1) is 0 Å². The average molecular weight is 525 g/mol. The van der Waals surface area contributed by atoms with E-state index in [1.165, 1.54) is 70.6 Å². The van der Waals surface area contributed by atoms with Crippen molar-refractivity contribution in [1.82, 2.24) is 16.0 Å². The summed E-state index contributed by atoms with van der Waals surface area (Å²) in [5.41, 5.74) is 5.99. The van der Waals surface area contributed by atoms with Gasteiger partial charge in [-0.3, -0.25) is 14.4 Å². The molecule has 2 atom stereocenters. The summed E-state index contributed by atoms with van der Waals surface area (Å²) in [5, 5.41) is 8.88. The van der Waals surface area contributed by atoms with Crippen molar-refractivity contribution in [3.05, 3.63) is 0 Å². The molecule has 0 rings (SSSR count). The van der Waals surface area contributed by atoms with Crippen LogP contribution in [0.15, 0.2) is 0 Å². The third-order valence-electron chi connectivity index (χ3n) is 7.17. The van der Waals surface area contributed by atoms with Gasteiger partial charge in [0.2, 0.25) is 11.8 Å². The van der Waals surface area contributed by atoms with Crippen molar-refractivity contribution < 1.29 is 14.4 Å². The highest BCUT2D eigenvalue weighted by Crippen LogP contribution is 2.13. The molecule has 0 aromatic carbocycles. The second-order valence-electron chi connectivity index (χ2n) is 10.7. The maximum atomic E-state index is 12.1. The summed E-state index contributed by atoms with van der Waals surface area (Å²) >= 11 is 0. The predicted molar refractivity (Wildman–Crippen MR) is 156 cm³/mol. The highest BCUT2D eigenvalue weighted by Gasteiger charge is 2.13. The van der Waals surface area contributed by atoms with Crippen LogP contribution in [-0.4, -0.2) is 49.8 Å². The lowest BCUT2D eigenvalue weighted by molar-refractivity contribution is -0.123. The molecule has 0 bridgehead atoms. The normalized spacial score (nSPS) is 12.8. The maximum Gasteiger partial charge on any atom is 0.236 e. The Morgan fingerprint density at radius 1 is 0.649 bits per heavy atom. The van der Waals surface area contributed by atoms with Crippen LogP contribution in [0, 0.1) is 0 Å². The highest BCUT2D eigenvalue weighted by atomic mass is 16.2. The van der Waals surface area contributed by atoms with Crippen LogP contribution in [0.5, 0.6) is 0 Å². The van der Waals surface area contributed by atoms with E-state index in [1.54, 1.807) is 14.0 Å². The summed E-state index contributed by atoms with van der Waals surface area (Å²) < 4.78 is 0. The number of amides is 2. The molecule has 2 unspecified atom stereocenters. The van der Waals surface area contributed by atoms with E-state index in [1.807, 2.05) is 0 Å². The molecule has 37 heavy (non-hydrogen) atoms. The molecule has 0 aliphatic rings. The zero-order chi connectivity index (χ0) is 27.6. The minimum absolute atomic E-state index is 0.104. The lowest BCUT2D eigenvalue weighted by atomic mass is 10.0. The van der Waals surface area contributed by atoms with Crippen LogP contribution in [-0.2, 0) is 14.4 Å². The predicted octanol–water partition coefficient (Wildman–Crippen LogP) is 5.55. The number of carbonyl (C=O) groups excluding carboxylic acids is 3. The maximum absolute atomic E-state index is 12.1. The SMILES string of the molecule is CCCCCCCCCCCCCCCC(=O)NCCCCC(N)C(=O)NCCCCC(NC)C(C)=O. The van der Waals surface area contributed by atoms with Crippen molar-refractivity contribution in [2.45, 2.75) is 154 Å². The molecule has 0 saturated heterocycles. The van der Waals surface area contributed by atoms with Crippen LogP contribution in [0.4, 0.5) is 0 Å². The summed E-state index contributed by atoms with van der Waals surface area (Å²) in [4.78, 5) is 35.5. The number of rotatable bonds is 27. The number of unbranched alkanes of at least 4 members (excludes halogenated alkanes) is 14. The molecule has 0 aliphatic carbocycles. The summed E-state index contributed by atoms with van der Waals surface area (Å²) in [6.07, 6.45) is 22.4. The number of ketones is 1. The lowest BCUT2D eigenvalue weighted by Gasteiger charge is -2.14. The first-order valence-electron chi connectivity index (χ1n) is 15.4. The Kier molecular flexibility index (Phi) is 25.1. The molecule has 0 aromatic rings. The Morgan fingerprint density at radius 2 is 1.14 bits per heavy atom. The Hall–Kier alpha value is -1.47. The minimum atomic E-state index is -0.510. The molecule has 2 amide bonds. The monoisotopic (exact) mass is 524 g/mol. The lowest BCUT2D eigenvalue weighted by Crippen LogP contribution is -2.41. The fourth-order valence-electron chi connectivity index (χ4n) is 4.61. The van der Waals surface area contributed by atoms with Gasteiger partial charge in [-0.25, -0.2) is 0 Å². The number of carbonyl (C=O) groups is 3. The molecule has 0 fully saturated rings. The van der Waals surface area contributed by atoms with Crippen LogP contribution in [0.1, 0.15) is 142 Å². The Balaban J connectivity index is 3.48. The molecule has 0 heterocycles. The number of nitrogens with two attached hydrogens (primary N) is 1. The summed E-state index contributed by atoms with van der Waals surface area (Å²) in [6, 6.07) is -0.614. The van der Waals surface area contributed by atoms with Crippen molar-refractivity contribution in [2.24, 2.45) is 5.73 Å². The zero-order valence-electron chi connectivity index (χ0n) is 24.5. The number of Topliss-reactive ketones (excluding diaryl/α,β-unsaturated/α-hetero) is 1. The molecule has 0 aromatic heterocycles. The molecule has 7 nitrogen and oxygen atoms in total. The fraction of sp³-hybridized carbons (Fsp3) is 0.900. The fourth-order valence-corrected chi connectivity index (χ4v) is 4.61. The van der Waals surface area contributed by atoms with Gasteiger partial charge in [0.25, 0.3) is 0 Å². The van der Waals surface area contributed by atoms with Gasteiger partial charge in [0.05, 0.1) is 12.1 Å². The van der Waals surface area contributed by atoms with E-state index in [9.17, 15) is 14.4 Å². The van der Waals surface area contributed by atoms with Crippen LogP contribution in [0.3, 0.4) is 0 Å². The minimum Gasteiger partial charge on any atom is -0.356 e. The molecule has 7 heteroatoms. The van der Waals surface area contributed by atoms with Crippen molar-refractivity contribution in [1.29, 1.82) is 0 Å². The van der Waals surface area contributed by atoms with Crippen molar-refractivity contribution in [3.8, 4) is 0 Å². The van der Waals surface area contributed by atoms with E-state index >= 15 is 0 Å². The van der Waals surface area contributed by atoms with Crippen LogP contribution in [0.2, 0.25) is 0 Å². The molecule has 0 spiro atoms. The quantitative estimate of drug-likeness (QED) is 0.105. The third-order valence-corrected chi connectivity index (χ3v) is 7.17. The third kappa shape index (κ3) is 23.4. The van der Waals surface area contributed by atoms with E-state index in [0.29, 0.717) is 25.9 Å². The van der Waals surface area contributed by atoms with E-state index in [2.05, 4.69) is 22.9 Å². The first kappa shape index (κ1) is 35.5. The van der Waals surface area contributed by atoms with Gasteiger partial charge >= 0.3 is 0 Å². The number of likely N-dealkylation sites (N-methyl/N-ethyl adjacent to an activating group) is 1. The molecular weight excluding hydrogens is 464 g/mol. The van der Waals surface area contributed by atoms with Crippen LogP contribution < -0.4 is 21.7 Å². The first-order chi connectivity index (χ1) is 17.9. The van der Waals surface area contributed by atoms with Crippen molar-refractivity contribution in [2.75, 3.05) is 20.1 Å². The smallest absolute Gasteiger partial charge is 0.236 e. The average Bonchev–Trinajstić information content (AvgIpc) is 2.88. The Bertz CT molecular complexity index is 571. The van der Waals surface area contributed by atoms with Gasteiger partial charge in [0.1, 0.15) is 5.78 Å². The second kappa shape index (κ2) is 26.1. The van der Waals surface area contributed by atoms with Gasteiger partial charge in [-0.1, -0.05) is 84.0 Å². The van der Waals surface area contributed by atoms with Crippen LogP contribution >= 0.6 is 0 Å². The van der Waals surface area contributed by atoms with Crippen LogP contribution in [0.25, 0.3) is 0 Å². The topological polar surface area (TPSA) is 113 Å². The summed E-state index contributed by atoms with van der Waals surface area (Å²) in [7, 11) is 1.79. The number of hydrogen-bond acceptors (Lipinski definition) is 5. The molecule has 0 saturated carbocycles. The summed E-state index contributed by atoms with van der Waals surface area (Å²) in [5.74, 6) is 0.155. The van der Waals surface area contributed by atoms with Gasteiger partial charge in [0, 0.05) is 19.5 Å². The standard InChI is InChI=1S/C30H60N4O3/c1-4-5-6-7-8-9-10-11-12-13-14-15-16-23-29(36)33-24-19-17-21-27(31)30(37)34-25-20-18-22-28(32-3)26(2)35/h27-28,32H,4-25,31H2,1-3H3,(H,33,36)(H,34,37). The summed E-state index contributed by atoms with van der Waals surface area (Å²) in [6.45, 7) is 5.08. The van der Waals surface area contributed by atoms with E-state index < -0.39 is 6.04 Å². The first-order valence-corrected chi connectivity index (χ1v) is 15.4. The second-order valence-corrected chi connectivity index (χ2v) is 10.7. The van der Waals surface area contributed by atoms with Gasteiger partial charge in [-0.05, 0) is 58.9 Å². The number of nitrogens with one attached hydrogen (secondary N) is 3. The molecule has 5 N–H and O–H groups in total. The molecule has 218 valence electrons. The molecule has 0 aliphatic heterocycles. The molecular formula is C30H60N4O3. The number of hydrogen-bond donors (Lipinski definition) is 4. The van der Waals surface area contributed by atoms with Crippen molar-refractivity contribution >= 4 is 17.6 Å². The highest BCUT2D eigenvalue weighted by molar-refractivity contribution is 5.81. The van der Waals surface area contributed by atoms with Gasteiger partial charge in [-0.2, -0.15) is 0 Å². The van der Waals surface area contributed by atoms with Gasteiger partial charge < -0.3 is 21.7 Å². The Morgan fingerprint density at radius 3 is 1.65 bits per heavy atom. The largest absolute Gasteiger partial charge is 0.356 e. The van der Waals surface area contributed by atoms with E-state index in [0.717, 1.165) is 44.9 Å². The van der Waals surface area contributed by atoms with E-state index in [4.69, 9.17) is 5.73 Å². The van der Waals surface area contributed by atoms with Crippen molar-refractivity contribution in [3.63, 3.8) is 0 Å². The zero-order valence-corrected chi connectivity index (χ0v) is 24.5. The van der Waals surface area contributed by atoms with E-state index in [-0.39, 0.29) is 23.6 Å². The Labute approximate surface area is 228 Å². The molecule has 0 radical (unpaired) electrons.